The second-order valence-electron chi connectivity index (χ2n) is 4.05. The van der Waals surface area contributed by atoms with Gasteiger partial charge >= 0.3 is 0 Å². The van der Waals surface area contributed by atoms with E-state index in [2.05, 4.69) is 10.3 Å². The number of nitrogens with one attached hydrogen (secondary N) is 1. The summed E-state index contributed by atoms with van der Waals surface area (Å²) in [5, 5.41) is 4.12. The molecule has 0 saturated carbocycles. The van der Waals surface area contributed by atoms with Crippen LogP contribution in [0.3, 0.4) is 0 Å². The zero-order chi connectivity index (χ0) is 13.3. The summed E-state index contributed by atoms with van der Waals surface area (Å²) in [7, 11) is 3.24. The SMILES string of the molecule is CNC(C)c1cnc(OC)c2cc(F)c(F)cc12. The van der Waals surface area contributed by atoms with Crippen LogP contribution < -0.4 is 10.1 Å². The van der Waals surface area contributed by atoms with Crippen LogP contribution in [0.5, 0.6) is 5.88 Å². The highest BCUT2D eigenvalue weighted by Crippen LogP contribution is 2.31. The number of nitrogens with zero attached hydrogens (tertiary/aromatic N) is 1. The Hall–Kier alpha value is -1.75. The van der Waals surface area contributed by atoms with Crippen LogP contribution in [0.2, 0.25) is 0 Å². The lowest BCUT2D eigenvalue weighted by Crippen LogP contribution is -2.13. The average molecular weight is 252 g/mol. The molecule has 0 aliphatic rings. The Balaban J connectivity index is 2.79. The number of hydrogen-bond acceptors (Lipinski definition) is 3. The number of hydrogen-bond donors (Lipinski definition) is 1. The number of rotatable bonds is 3. The second kappa shape index (κ2) is 4.86. The first kappa shape index (κ1) is 12.7. The third-order valence-corrected chi connectivity index (χ3v) is 3.02. The maximum absolute atomic E-state index is 13.4. The van der Waals surface area contributed by atoms with Gasteiger partial charge in [-0.15, -0.1) is 0 Å². The first-order chi connectivity index (χ1) is 8.58. The number of fused-ring (bicyclic) bond motifs is 1. The van der Waals surface area contributed by atoms with Crippen LogP contribution in [-0.4, -0.2) is 19.1 Å². The van der Waals surface area contributed by atoms with Crippen LogP contribution in [0.1, 0.15) is 18.5 Å². The van der Waals surface area contributed by atoms with E-state index in [4.69, 9.17) is 4.74 Å². The third kappa shape index (κ3) is 2.01. The summed E-state index contributed by atoms with van der Waals surface area (Å²) in [6.07, 6.45) is 1.61. The van der Waals surface area contributed by atoms with Gasteiger partial charge in [-0.2, -0.15) is 0 Å². The van der Waals surface area contributed by atoms with Gasteiger partial charge in [-0.05, 0) is 37.1 Å². The predicted molar refractivity (Wildman–Crippen MR) is 65.7 cm³/mol. The highest BCUT2D eigenvalue weighted by atomic mass is 19.2. The van der Waals surface area contributed by atoms with Crippen LogP contribution in [0, 0.1) is 11.6 Å². The molecule has 2 aromatic rings. The first-order valence-electron chi connectivity index (χ1n) is 5.57. The molecule has 1 atom stereocenters. The molecule has 1 aromatic heterocycles. The topological polar surface area (TPSA) is 34.2 Å². The summed E-state index contributed by atoms with van der Waals surface area (Å²) >= 11 is 0. The van der Waals surface area contributed by atoms with Gasteiger partial charge in [-0.3, -0.25) is 0 Å². The van der Waals surface area contributed by atoms with Crippen LogP contribution in [-0.2, 0) is 0 Å². The van der Waals surface area contributed by atoms with Crippen LogP contribution in [0.15, 0.2) is 18.3 Å². The molecule has 1 unspecified atom stereocenters. The Labute approximate surface area is 104 Å². The minimum atomic E-state index is -0.906. The van der Waals surface area contributed by atoms with Crippen molar-refractivity contribution < 1.29 is 13.5 Å². The molecule has 5 heteroatoms. The predicted octanol–water partition coefficient (Wildman–Crippen LogP) is 2.80. The Bertz CT molecular complexity index is 587. The minimum Gasteiger partial charge on any atom is -0.481 e. The Morgan fingerprint density at radius 1 is 1.22 bits per heavy atom. The number of halogens is 2. The summed E-state index contributed by atoms with van der Waals surface area (Å²) in [5.74, 6) is -1.49. The van der Waals surface area contributed by atoms with Crippen molar-refractivity contribution in [1.82, 2.24) is 10.3 Å². The normalized spacial score (nSPS) is 12.7. The number of aromatic nitrogens is 1. The van der Waals surface area contributed by atoms with E-state index in [1.165, 1.54) is 13.2 Å². The second-order valence-corrected chi connectivity index (χ2v) is 4.05. The Kier molecular flexibility index (Phi) is 3.43. The molecular weight excluding hydrogens is 238 g/mol. The molecule has 0 radical (unpaired) electrons. The minimum absolute atomic E-state index is 0.0178. The zero-order valence-corrected chi connectivity index (χ0v) is 10.4. The van der Waals surface area contributed by atoms with Gasteiger partial charge in [0, 0.05) is 17.6 Å². The lowest BCUT2D eigenvalue weighted by molar-refractivity contribution is 0.402. The Morgan fingerprint density at radius 3 is 2.39 bits per heavy atom. The smallest absolute Gasteiger partial charge is 0.221 e. The fraction of sp³-hybridized carbons (Fsp3) is 0.308. The molecule has 96 valence electrons. The van der Waals surface area contributed by atoms with Crippen molar-refractivity contribution in [3.8, 4) is 5.88 Å². The molecule has 0 aliphatic heterocycles. The lowest BCUT2D eigenvalue weighted by Gasteiger charge is -2.15. The third-order valence-electron chi connectivity index (χ3n) is 3.02. The van der Waals surface area contributed by atoms with E-state index in [1.807, 2.05) is 6.92 Å². The molecule has 0 saturated heterocycles. The van der Waals surface area contributed by atoms with E-state index in [9.17, 15) is 8.78 Å². The molecule has 1 aromatic carbocycles. The molecule has 0 fully saturated rings. The number of benzene rings is 1. The van der Waals surface area contributed by atoms with Gasteiger partial charge in [-0.25, -0.2) is 13.8 Å². The molecule has 0 aliphatic carbocycles. The maximum Gasteiger partial charge on any atom is 0.221 e. The summed E-state index contributed by atoms with van der Waals surface area (Å²) in [6, 6.07) is 2.27. The van der Waals surface area contributed by atoms with Crippen LogP contribution >= 0.6 is 0 Å². The van der Waals surface area contributed by atoms with Crippen molar-refractivity contribution in [2.75, 3.05) is 14.2 Å². The van der Waals surface area contributed by atoms with Gasteiger partial charge in [0.05, 0.1) is 7.11 Å². The highest BCUT2D eigenvalue weighted by Gasteiger charge is 2.15. The molecule has 0 spiro atoms. The quantitative estimate of drug-likeness (QED) is 0.912. The molecule has 18 heavy (non-hydrogen) atoms. The highest BCUT2D eigenvalue weighted by molar-refractivity contribution is 5.90. The molecule has 3 nitrogen and oxygen atoms in total. The van der Waals surface area contributed by atoms with Crippen molar-refractivity contribution in [3.05, 3.63) is 35.5 Å². The fourth-order valence-corrected chi connectivity index (χ4v) is 1.89. The van der Waals surface area contributed by atoms with Crippen molar-refractivity contribution in [3.63, 3.8) is 0 Å². The van der Waals surface area contributed by atoms with E-state index in [1.54, 1.807) is 13.2 Å². The average Bonchev–Trinajstić information content (AvgIpc) is 2.38. The van der Waals surface area contributed by atoms with E-state index in [0.717, 1.165) is 11.6 Å². The summed E-state index contributed by atoms with van der Waals surface area (Å²) in [6.45, 7) is 1.92. The van der Waals surface area contributed by atoms with Gasteiger partial charge in [0.15, 0.2) is 11.6 Å². The van der Waals surface area contributed by atoms with Gasteiger partial charge in [0.2, 0.25) is 5.88 Å². The van der Waals surface area contributed by atoms with Crippen molar-refractivity contribution in [2.24, 2.45) is 0 Å². The molecule has 0 bridgehead atoms. The molecular formula is C13H14F2N2O. The molecule has 0 amide bonds. The Morgan fingerprint density at radius 2 is 1.83 bits per heavy atom. The van der Waals surface area contributed by atoms with Crippen LogP contribution in [0.4, 0.5) is 8.78 Å². The van der Waals surface area contributed by atoms with Crippen molar-refractivity contribution in [2.45, 2.75) is 13.0 Å². The van der Waals surface area contributed by atoms with E-state index >= 15 is 0 Å². The summed E-state index contributed by atoms with van der Waals surface area (Å²) in [5.41, 5.74) is 0.798. The van der Waals surface area contributed by atoms with E-state index < -0.39 is 11.6 Å². The standard InChI is InChI=1S/C13H14F2N2O/c1-7(16-2)10-6-17-13(18-3)9-5-12(15)11(14)4-8(9)10/h4-7,16H,1-3H3. The largest absolute Gasteiger partial charge is 0.481 e. The van der Waals surface area contributed by atoms with Gasteiger partial charge < -0.3 is 10.1 Å². The van der Waals surface area contributed by atoms with E-state index in [0.29, 0.717) is 10.8 Å². The molecule has 2 rings (SSSR count). The van der Waals surface area contributed by atoms with E-state index in [-0.39, 0.29) is 11.9 Å². The van der Waals surface area contributed by atoms with Crippen LogP contribution in [0.25, 0.3) is 10.8 Å². The first-order valence-corrected chi connectivity index (χ1v) is 5.57. The number of methoxy groups -OCH3 is 1. The number of pyridine rings is 1. The maximum atomic E-state index is 13.4. The van der Waals surface area contributed by atoms with Gasteiger partial charge in [-0.1, -0.05) is 0 Å². The monoisotopic (exact) mass is 252 g/mol. The van der Waals surface area contributed by atoms with Gasteiger partial charge in [0.25, 0.3) is 0 Å². The lowest BCUT2D eigenvalue weighted by atomic mass is 10.0. The zero-order valence-electron chi connectivity index (χ0n) is 10.4. The number of ether oxygens (including phenoxy) is 1. The van der Waals surface area contributed by atoms with Crippen molar-refractivity contribution >= 4 is 10.8 Å². The fourth-order valence-electron chi connectivity index (χ4n) is 1.89. The molecule has 1 heterocycles. The van der Waals surface area contributed by atoms with Gasteiger partial charge in [0.1, 0.15) is 0 Å². The van der Waals surface area contributed by atoms with Crippen molar-refractivity contribution in [1.29, 1.82) is 0 Å². The summed E-state index contributed by atoms with van der Waals surface area (Å²) in [4.78, 5) is 4.11. The molecule has 1 N–H and O–H groups in total. The summed E-state index contributed by atoms with van der Waals surface area (Å²) < 4.78 is 31.8.